The smallest absolute Gasteiger partial charge is 0.336 e. The second-order valence-corrected chi connectivity index (χ2v) is 7.19. The monoisotopic (exact) mass is 407 g/mol. The standard InChI is InChI=1S/C23H21NO6/c1-14-7-8-17-16(11-22(27)30-23(17)15(14)2)12-29-21(26)9-10-24-18-5-3-4-6-19(18)28-13-20(24)25/h3-8,11H,9-10,12-13H2,1-2H3. The van der Waals surface area contributed by atoms with E-state index in [1.807, 2.05) is 38.1 Å². The van der Waals surface area contributed by atoms with Crippen molar-refractivity contribution in [3.8, 4) is 5.75 Å². The summed E-state index contributed by atoms with van der Waals surface area (Å²) < 4.78 is 16.1. The van der Waals surface area contributed by atoms with Crippen molar-refractivity contribution in [1.82, 2.24) is 0 Å². The molecule has 0 aliphatic carbocycles. The van der Waals surface area contributed by atoms with E-state index in [-0.39, 0.29) is 32.1 Å². The molecular formula is C23H21NO6. The molecule has 30 heavy (non-hydrogen) atoms. The zero-order chi connectivity index (χ0) is 21.3. The van der Waals surface area contributed by atoms with Crippen LogP contribution in [0.15, 0.2) is 51.7 Å². The molecule has 2 aromatic carbocycles. The minimum atomic E-state index is -0.488. The van der Waals surface area contributed by atoms with Gasteiger partial charge in [-0.05, 0) is 37.1 Å². The summed E-state index contributed by atoms with van der Waals surface area (Å²) >= 11 is 0. The van der Waals surface area contributed by atoms with Crippen molar-refractivity contribution in [2.24, 2.45) is 0 Å². The molecule has 154 valence electrons. The molecule has 1 amide bonds. The van der Waals surface area contributed by atoms with Crippen LogP contribution in [0.1, 0.15) is 23.1 Å². The lowest BCUT2D eigenvalue weighted by Gasteiger charge is -2.28. The van der Waals surface area contributed by atoms with Crippen LogP contribution in [0.2, 0.25) is 0 Å². The molecule has 2 heterocycles. The van der Waals surface area contributed by atoms with E-state index in [0.29, 0.717) is 22.6 Å². The van der Waals surface area contributed by atoms with Gasteiger partial charge in [-0.2, -0.15) is 0 Å². The fraction of sp³-hybridized carbons (Fsp3) is 0.261. The molecule has 0 unspecified atom stereocenters. The van der Waals surface area contributed by atoms with Crippen molar-refractivity contribution in [3.63, 3.8) is 0 Å². The number of para-hydroxylation sites is 2. The van der Waals surface area contributed by atoms with Crippen LogP contribution in [0.3, 0.4) is 0 Å². The number of fused-ring (bicyclic) bond motifs is 2. The first kappa shape index (κ1) is 19.7. The van der Waals surface area contributed by atoms with E-state index in [0.717, 1.165) is 16.5 Å². The van der Waals surface area contributed by atoms with Crippen molar-refractivity contribution in [2.45, 2.75) is 26.9 Å². The lowest BCUT2D eigenvalue weighted by atomic mass is 10.0. The zero-order valence-electron chi connectivity index (χ0n) is 16.8. The first-order valence-electron chi connectivity index (χ1n) is 9.65. The number of carbonyl (C=O) groups is 2. The van der Waals surface area contributed by atoms with Crippen LogP contribution in [0.5, 0.6) is 5.75 Å². The normalized spacial score (nSPS) is 13.1. The number of hydrogen-bond donors (Lipinski definition) is 0. The van der Waals surface area contributed by atoms with Gasteiger partial charge in [0.2, 0.25) is 0 Å². The SMILES string of the molecule is Cc1ccc2c(COC(=O)CCN3C(=O)COc4ccccc43)cc(=O)oc2c1C. The molecule has 0 radical (unpaired) electrons. The summed E-state index contributed by atoms with van der Waals surface area (Å²) in [5.41, 5.74) is 3.13. The molecule has 0 fully saturated rings. The van der Waals surface area contributed by atoms with E-state index < -0.39 is 11.6 Å². The molecular weight excluding hydrogens is 386 g/mol. The van der Waals surface area contributed by atoms with Gasteiger partial charge in [0.1, 0.15) is 17.9 Å². The van der Waals surface area contributed by atoms with Crippen LogP contribution in [-0.4, -0.2) is 25.0 Å². The summed E-state index contributed by atoms with van der Waals surface area (Å²) in [5, 5.41) is 0.739. The minimum absolute atomic E-state index is 0.0254. The summed E-state index contributed by atoms with van der Waals surface area (Å²) in [7, 11) is 0. The van der Waals surface area contributed by atoms with Gasteiger partial charge in [0.25, 0.3) is 5.91 Å². The lowest BCUT2D eigenvalue weighted by molar-refractivity contribution is -0.144. The lowest BCUT2D eigenvalue weighted by Crippen LogP contribution is -2.40. The largest absolute Gasteiger partial charge is 0.482 e. The quantitative estimate of drug-likeness (QED) is 0.477. The highest BCUT2D eigenvalue weighted by molar-refractivity contribution is 5.98. The van der Waals surface area contributed by atoms with Gasteiger partial charge in [0, 0.05) is 23.6 Å². The van der Waals surface area contributed by atoms with Crippen LogP contribution in [0.25, 0.3) is 11.0 Å². The molecule has 0 spiro atoms. The maximum atomic E-state index is 12.3. The molecule has 3 aromatic rings. The van der Waals surface area contributed by atoms with Gasteiger partial charge in [0.15, 0.2) is 6.61 Å². The van der Waals surface area contributed by atoms with E-state index >= 15 is 0 Å². The number of hydrogen-bond acceptors (Lipinski definition) is 6. The summed E-state index contributed by atoms with van der Waals surface area (Å²) in [6.45, 7) is 3.90. The van der Waals surface area contributed by atoms with Crippen LogP contribution in [-0.2, 0) is 20.9 Å². The van der Waals surface area contributed by atoms with Crippen molar-refractivity contribution < 1.29 is 23.5 Å². The summed E-state index contributed by atoms with van der Waals surface area (Å²) in [4.78, 5) is 38.0. The average molecular weight is 407 g/mol. The van der Waals surface area contributed by atoms with Gasteiger partial charge in [-0.15, -0.1) is 0 Å². The minimum Gasteiger partial charge on any atom is -0.482 e. The van der Waals surface area contributed by atoms with Crippen molar-refractivity contribution in [1.29, 1.82) is 0 Å². The number of ether oxygens (including phenoxy) is 2. The molecule has 0 N–H and O–H groups in total. The third kappa shape index (κ3) is 3.78. The van der Waals surface area contributed by atoms with E-state index in [9.17, 15) is 14.4 Å². The number of amides is 1. The van der Waals surface area contributed by atoms with Crippen molar-refractivity contribution >= 4 is 28.5 Å². The van der Waals surface area contributed by atoms with Gasteiger partial charge in [-0.3, -0.25) is 9.59 Å². The fourth-order valence-corrected chi connectivity index (χ4v) is 3.48. The number of carbonyl (C=O) groups excluding carboxylic acids is 2. The molecule has 0 bridgehead atoms. The number of esters is 1. The Morgan fingerprint density at radius 2 is 1.93 bits per heavy atom. The van der Waals surface area contributed by atoms with Crippen LogP contribution in [0, 0.1) is 13.8 Å². The first-order valence-corrected chi connectivity index (χ1v) is 9.65. The molecule has 0 saturated heterocycles. The van der Waals surface area contributed by atoms with E-state index in [1.54, 1.807) is 12.1 Å². The van der Waals surface area contributed by atoms with Gasteiger partial charge in [-0.1, -0.05) is 24.3 Å². The number of rotatable bonds is 5. The average Bonchev–Trinajstić information content (AvgIpc) is 2.74. The van der Waals surface area contributed by atoms with Crippen LogP contribution in [0.4, 0.5) is 5.69 Å². The highest BCUT2D eigenvalue weighted by Gasteiger charge is 2.25. The Bertz CT molecular complexity index is 1200. The molecule has 0 saturated carbocycles. The maximum Gasteiger partial charge on any atom is 0.336 e. The number of benzene rings is 2. The predicted molar refractivity (Wildman–Crippen MR) is 111 cm³/mol. The second-order valence-electron chi connectivity index (χ2n) is 7.19. The number of aryl methyl sites for hydroxylation is 2. The van der Waals surface area contributed by atoms with E-state index in [2.05, 4.69) is 0 Å². The summed E-state index contributed by atoms with van der Waals surface area (Å²) in [6, 6.07) is 12.3. The van der Waals surface area contributed by atoms with Crippen LogP contribution >= 0.6 is 0 Å². The molecule has 7 nitrogen and oxygen atoms in total. The Labute approximate surface area is 172 Å². The number of anilines is 1. The molecule has 7 heteroatoms. The van der Waals surface area contributed by atoms with Gasteiger partial charge in [-0.25, -0.2) is 4.79 Å². The fourth-order valence-electron chi connectivity index (χ4n) is 3.48. The summed E-state index contributed by atoms with van der Waals surface area (Å²) in [5.74, 6) is -0.0605. The Balaban J connectivity index is 1.45. The van der Waals surface area contributed by atoms with Gasteiger partial charge < -0.3 is 18.8 Å². The zero-order valence-corrected chi connectivity index (χ0v) is 16.8. The summed E-state index contributed by atoms with van der Waals surface area (Å²) in [6.07, 6.45) is 0.0254. The molecule has 1 aromatic heterocycles. The molecule has 1 aliphatic heterocycles. The van der Waals surface area contributed by atoms with Crippen LogP contribution < -0.4 is 15.3 Å². The molecule has 4 rings (SSSR count). The van der Waals surface area contributed by atoms with Crippen molar-refractivity contribution in [3.05, 3.63) is 69.6 Å². The maximum absolute atomic E-state index is 12.3. The third-order valence-corrected chi connectivity index (χ3v) is 5.25. The highest BCUT2D eigenvalue weighted by atomic mass is 16.5. The van der Waals surface area contributed by atoms with Crippen molar-refractivity contribution in [2.75, 3.05) is 18.1 Å². The highest BCUT2D eigenvalue weighted by Crippen LogP contribution is 2.31. The Morgan fingerprint density at radius 1 is 1.13 bits per heavy atom. The predicted octanol–water partition coefficient (Wildman–Crippen LogP) is 3.27. The Kier molecular flexibility index (Phi) is 5.27. The molecule has 1 aliphatic rings. The van der Waals surface area contributed by atoms with E-state index in [4.69, 9.17) is 13.9 Å². The first-order chi connectivity index (χ1) is 14.4. The molecule has 0 atom stereocenters. The Morgan fingerprint density at radius 3 is 2.77 bits per heavy atom. The topological polar surface area (TPSA) is 86.0 Å². The number of nitrogens with zero attached hydrogens (tertiary/aromatic N) is 1. The van der Waals surface area contributed by atoms with E-state index in [1.165, 1.54) is 11.0 Å². The Hall–Kier alpha value is -3.61. The van der Waals surface area contributed by atoms with Gasteiger partial charge >= 0.3 is 11.6 Å². The second kappa shape index (κ2) is 8.02. The third-order valence-electron chi connectivity index (χ3n) is 5.25. The van der Waals surface area contributed by atoms with Gasteiger partial charge in [0.05, 0.1) is 12.1 Å².